The van der Waals surface area contributed by atoms with Crippen molar-refractivity contribution in [1.29, 1.82) is 10.5 Å². The lowest BCUT2D eigenvalue weighted by Crippen LogP contribution is -2.53. The summed E-state index contributed by atoms with van der Waals surface area (Å²) >= 11 is 0. The van der Waals surface area contributed by atoms with Crippen LogP contribution in [0.15, 0.2) is 23.0 Å². The van der Waals surface area contributed by atoms with Crippen molar-refractivity contribution >= 4 is 0 Å². The van der Waals surface area contributed by atoms with Gasteiger partial charge in [0.1, 0.15) is 17.5 Å². The highest BCUT2D eigenvalue weighted by atomic mass is 19.2. The molecule has 4 nitrogen and oxygen atoms in total. The number of hydrogen-bond acceptors (Lipinski definition) is 4. The molecule has 7 heteroatoms. The molecule has 3 N–H and O–H groups in total. The van der Waals surface area contributed by atoms with Crippen LogP contribution in [0.1, 0.15) is 0 Å². The summed E-state index contributed by atoms with van der Waals surface area (Å²) in [5, 5.41) is 16.9. The van der Waals surface area contributed by atoms with Crippen LogP contribution in [-0.2, 0) is 0 Å². The van der Waals surface area contributed by atoms with Crippen molar-refractivity contribution in [2.75, 3.05) is 0 Å². The zero-order valence-electron chi connectivity index (χ0n) is 7.26. The van der Waals surface area contributed by atoms with Crippen molar-refractivity contribution in [3.8, 4) is 12.1 Å². The fraction of sp³-hybridized carbons (Fsp3) is 0.250. The highest BCUT2D eigenvalue weighted by Gasteiger charge is 2.45. The number of nitrogens with two attached hydrogens (primary N) is 1. The molecule has 0 aliphatic heterocycles. The minimum absolute atomic E-state index is 0.192. The molecule has 0 bridgehead atoms. The lowest BCUT2D eigenvalue weighted by molar-refractivity contribution is 0.0802. The number of nitrogens with zero attached hydrogens (tertiary/aromatic N) is 2. The molecule has 0 radical (unpaired) electrons. The van der Waals surface area contributed by atoms with Gasteiger partial charge in [-0.2, -0.15) is 10.5 Å². The molecule has 0 aromatic rings. The van der Waals surface area contributed by atoms with Crippen molar-refractivity contribution < 1.29 is 13.2 Å². The summed E-state index contributed by atoms with van der Waals surface area (Å²) in [5.41, 5.74) is -0.313. The summed E-state index contributed by atoms with van der Waals surface area (Å²) in [4.78, 5) is 0. The molecule has 0 spiro atoms. The first-order valence-corrected chi connectivity index (χ1v) is 3.74. The topological polar surface area (TPSA) is 85.6 Å². The first-order valence-electron chi connectivity index (χ1n) is 3.74. The van der Waals surface area contributed by atoms with E-state index < -0.39 is 28.9 Å². The molecular weight excluding hydrogens is 209 g/mol. The van der Waals surface area contributed by atoms with E-state index in [9.17, 15) is 13.2 Å². The summed E-state index contributed by atoms with van der Waals surface area (Å²) in [6.07, 6.45) is -2.32. The Morgan fingerprint density at radius 3 is 2.47 bits per heavy atom. The van der Waals surface area contributed by atoms with E-state index in [2.05, 4.69) is 0 Å². The van der Waals surface area contributed by atoms with E-state index in [1.54, 1.807) is 0 Å². The number of halogens is 3. The van der Waals surface area contributed by atoms with Gasteiger partial charge in [0.15, 0.2) is 6.17 Å². The van der Waals surface area contributed by atoms with E-state index in [4.69, 9.17) is 16.4 Å². The first kappa shape index (κ1) is 11.2. The molecule has 2 unspecified atom stereocenters. The lowest BCUT2D eigenvalue weighted by atomic mass is 9.91. The normalized spacial score (nSPS) is 30.5. The van der Waals surface area contributed by atoms with Gasteiger partial charge in [0.05, 0.1) is 11.6 Å². The van der Waals surface area contributed by atoms with Gasteiger partial charge < -0.3 is 0 Å². The molecule has 1 aliphatic carbocycles. The Bertz CT molecular complexity index is 428. The molecule has 0 aromatic carbocycles. The Labute approximate surface area is 83.1 Å². The number of rotatable bonds is 1. The Hall–Kier alpha value is -1.83. The van der Waals surface area contributed by atoms with Gasteiger partial charge in [-0.1, -0.05) is 0 Å². The van der Waals surface area contributed by atoms with Crippen molar-refractivity contribution in [1.82, 2.24) is 5.43 Å². The predicted octanol–water partition coefficient (Wildman–Crippen LogP) is 0.664. The largest absolute Gasteiger partial charge is 0.268 e. The van der Waals surface area contributed by atoms with Crippen LogP contribution in [0, 0.1) is 22.7 Å². The van der Waals surface area contributed by atoms with Gasteiger partial charge in [-0.3, -0.25) is 5.84 Å². The maximum Gasteiger partial charge on any atom is 0.231 e. The Morgan fingerprint density at radius 1 is 1.47 bits per heavy atom. The van der Waals surface area contributed by atoms with Gasteiger partial charge in [-0.05, 0) is 0 Å². The van der Waals surface area contributed by atoms with Crippen LogP contribution in [0.25, 0.3) is 0 Å². The fourth-order valence-corrected chi connectivity index (χ4v) is 1.14. The van der Waals surface area contributed by atoms with E-state index in [1.165, 1.54) is 17.6 Å². The van der Waals surface area contributed by atoms with E-state index in [-0.39, 0.29) is 6.08 Å². The molecule has 1 aliphatic rings. The number of hydrogen-bond donors (Lipinski definition) is 2. The van der Waals surface area contributed by atoms with Crippen LogP contribution >= 0.6 is 0 Å². The third-order valence-electron chi connectivity index (χ3n) is 1.92. The number of nitriles is 2. The minimum atomic E-state index is -3.00. The Balaban J connectivity index is 3.37. The second kappa shape index (κ2) is 3.73. The van der Waals surface area contributed by atoms with Crippen LogP contribution in [0.5, 0.6) is 0 Å². The predicted molar refractivity (Wildman–Crippen MR) is 43.5 cm³/mol. The summed E-state index contributed by atoms with van der Waals surface area (Å²) in [5.74, 6) is 0.382. The van der Waals surface area contributed by atoms with E-state index in [1.807, 2.05) is 0 Å². The first-order chi connectivity index (χ1) is 7.00. The third-order valence-corrected chi connectivity index (χ3v) is 1.92. The van der Waals surface area contributed by atoms with E-state index in [0.717, 1.165) is 0 Å². The number of hydrazine groups is 1. The second-order valence-corrected chi connectivity index (χ2v) is 2.78. The van der Waals surface area contributed by atoms with Gasteiger partial charge in [-0.25, -0.2) is 18.6 Å². The second-order valence-electron chi connectivity index (χ2n) is 2.78. The Kier molecular flexibility index (Phi) is 2.80. The molecule has 1 rings (SSSR count). The molecule has 0 aromatic heterocycles. The van der Waals surface area contributed by atoms with Crippen LogP contribution in [-0.4, -0.2) is 12.0 Å². The lowest BCUT2D eigenvalue weighted by Gasteiger charge is -2.27. The van der Waals surface area contributed by atoms with Crippen LogP contribution in [0.2, 0.25) is 0 Å². The third kappa shape index (κ3) is 1.59. The van der Waals surface area contributed by atoms with E-state index in [0.29, 0.717) is 0 Å². The molecule has 0 amide bonds. The van der Waals surface area contributed by atoms with Gasteiger partial charge in [0, 0.05) is 6.08 Å². The summed E-state index contributed by atoms with van der Waals surface area (Å²) in [6, 6.07) is 2.53. The highest BCUT2D eigenvalue weighted by molar-refractivity contribution is 5.54. The Morgan fingerprint density at radius 2 is 2.07 bits per heavy atom. The average Bonchev–Trinajstić information content (AvgIpc) is 2.22. The molecule has 0 saturated heterocycles. The number of alkyl halides is 2. The molecule has 78 valence electrons. The van der Waals surface area contributed by atoms with Crippen molar-refractivity contribution in [3.05, 3.63) is 23.0 Å². The van der Waals surface area contributed by atoms with Crippen molar-refractivity contribution in [2.45, 2.75) is 12.0 Å². The maximum atomic E-state index is 13.5. The van der Waals surface area contributed by atoms with Crippen molar-refractivity contribution in [2.24, 2.45) is 5.84 Å². The zero-order chi connectivity index (χ0) is 11.6. The van der Waals surface area contributed by atoms with Gasteiger partial charge >= 0.3 is 0 Å². The van der Waals surface area contributed by atoms with Crippen LogP contribution < -0.4 is 11.3 Å². The maximum absolute atomic E-state index is 13.5. The molecular formula is C8H5F3N4. The van der Waals surface area contributed by atoms with Gasteiger partial charge in [-0.15, -0.1) is 0 Å². The quantitative estimate of drug-likeness (QED) is 0.381. The molecule has 0 saturated carbocycles. The molecule has 0 fully saturated rings. The standard InChI is InChI=1S/C8H5F3N4/c9-6-1-8(11,15-14)7(10)5(3-13)4(6)2-12/h1,7,15H,14H2. The van der Waals surface area contributed by atoms with Crippen LogP contribution in [0.4, 0.5) is 13.2 Å². The summed E-state index contributed by atoms with van der Waals surface area (Å²) < 4.78 is 39.9. The smallest absolute Gasteiger partial charge is 0.231 e. The molecule has 15 heavy (non-hydrogen) atoms. The molecule has 2 atom stereocenters. The van der Waals surface area contributed by atoms with Crippen molar-refractivity contribution in [3.63, 3.8) is 0 Å². The fourth-order valence-electron chi connectivity index (χ4n) is 1.14. The van der Waals surface area contributed by atoms with E-state index >= 15 is 0 Å². The van der Waals surface area contributed by atoms with Gasteiger partial charge in [0.2, 0.25) is 5.79 Å². The van der Waals surface area contributed by atoms with Gasteiger partial charge in [0.25, 0.3) is 0 Å². The average molecular weight is 214 g/mol. The number of allylic oxidation sites excluding steroid dienone is 2. The zero-order valence-corrected chi connectivity index (χ0v) is 7.26. The molecule has 0 heterocycles. The minimum Gasteiger partial charge on any atom is -0.268 e. The highest BCUT2D eigenvalue weighted by Crippen LogP contribution is 2.34. The summed E-state index contributed by atoms with van der Waals surface area (Å²) in [6.45, 7) is 0. The SMILES string of the molecule is N#CC1=C(C#N)C(F)C(F)(NN)C=C1F. The van der Waals surface area contributed by atoms with Crippen LogP contribution in [0.3, 0.4) is 0 Å². The summed E-state index contributed by atoms with van der Waals surface area (Å²) in [7, 11) is 0. The monoisotopic (exact) mass is 214 g/mol. The number of nitrogens with one attached hydrogen (secondary N) is 1.